The van der Waals surface area contributed by atoms with Crippen LogP contribution in [-0.4, -0.2) is 7.11 Å². The lowest BCUT2D eigenvalue weighted by molar-refractivity contribution is 0.415. The number of hydrogen-bond acceptors (Lipinski definition) is 4. The number of methoxy groups -OCH3 is 1. The minimum absolute atomic E-state index is 0.103. The lowest BCUT2D eigenvalue weighted by Crippen LogP contribution is -2.05. The molecule has 4 heteroatoms. The molecule has 14 heavy (non-hydrogen) atoms. The first-order valence-electron chi connectivity index (χ1n) is 4.08. The molecule has 2 aromatic rings. The number of ether oxygens (including phenoxy) is 1. The van der Waals surface area contributed by atoms with Crippen LogP contribution < -0.4 is 16.1 Å². The van der Waals surface area contributed by atoms with Gasteiger partial charge in [0.05, 0.1) is 7.11 Å². The molecule has 2 rings (SSSR count). The lowest BCUT2D eigenvalue weighted by atomic mass is 10.2. The van der Waals surface area contributed by atoms with E-state index in [4.69, 9.17) is 14.9 Å². The van der Waals surface area contributed by atoms with Crippen molar-refractivity contribution in [2.75, 3.05) is 12.8 Å². The molecule has 0 fully saturated rings. The smallest absolute Gasteiger partial charge is 0.359 e. The summed E-state index contributed by atoms with van der Waals surface area (Å²) in [5.41, 5.74) is 5.53. The van der Waals surface area contributed by atoms with Crippen LogP contribution in [0.5, 0.6) is 5.75 Å². The van der Waals surface area contributed by atoms with Gasteiger partial charge < -0.3 is 14.9 Å². The molecule has 2 N–H and O–H groups in total. The molecule has 0 unspecified atom stereocenters. The minimum Gasteiger partial charge on any atom is -0.497 e. The first-order chi connectivity index (χ1) is 6.70. The van der Waals surface area contributed by atoms with Crippen LogP contribution in [0.4, 0.5) is 5.69 Å². The van der Waals surface area contributed by atoms with E-state index in [1.165, 1.54) is 0 Å². The monoisotopic (exact) mass is 191 g/mol. The summed E-state index contributed by atoms with van der Waals surface area (Å²) in [7, 11) is 1.57. The number of nitrogen functional groups attached to an aromatic ring is 1. The standard InChI is InChI=1S/C10H9NO3/c1-13-7-2-3-9-6(4-7)5-8(11)10(12)14-9/h2-5H,11H2,1H3. The molecular formula is C10H9NO3. The Labute approximate surface area is 79.9 Å². The largest absolute Gasteiger partial charge is 0.497 e. The summed E-state index contributed by atoms with van der Waals surface area (Å²) in [5, 5.41) is 0.751. The Morgan fingerprint density at radius 1 is 1.36 bits per heavy atom. The van der Waals surface area contributed by atoms with Gasteiger partial charge in [-0.2, -0.15) is 0 Å². The topological polar surface area (TPSA) is 65.5 Å². The van der Waals surface area contributed by atoms with E-state index in [1.807, 2.05) is 0 Å². The van der Waals surface area contributed by atoms with Crippen molar-refractivity contribution in [1.82, 2.24) is 0 Å². The zero-order valence-electron chi connectivity index (χ0n) is 7.61. The Kier molecular flexibility index (Phi) is 1.89. The summed E-state index contributed by atoms with van der Waals surface area (Å²) in [6, 6.07) is 6.73. The second kappa shape index (κ2) is 3.06. The van der Waals surface area contributed by atoms with Crippen molar-refractivity contribution in [3.05, 3.63) is 34.7 Å². The number of fused-ring (bicyclic) bond motifs is 1. The fraction of sp³-hybridized carbons (Fsp3) is 0.100. The molecule has 1 aromatic carbocycles. The second-order valence-electron chi connectivity index (χ2n) is 2.89. The highest BCUT2D eigenvalue weighted by atomic mass is 16.5. The molecule has 0 saturated carbocycles. The van der Waals surface area contributed by atoms with Crippen LogP contribution in [0.25, 0.3) is 11.0 Å². The van der Waals surface area contributed by atoms with Gasteiger partial charge in [-0.3, -0.25) is 0 Å². The average molecular weight is 191 g/mol. The maximum atomic E-state index is 11.1. The number of benzene rings is 1. The highest BCUT2D eigenvalue weighted by Crippen LogP contribution is 2.20. The predicted molar refractivity (Wildman–Crippen MR) is 53.4 cm³/mol. The zero-order chi connectivity index (χ0) is 10.1. The fourth-order valence-corrected chi connectivity index (χ4v) is 1.24. The first kappa shape index (κ1) is 8.62. The van der Waals surface area contributed by atoms with Crippen molar-refractivity contribution >= 4 is 16.7 Å². The van der Waals surface area contributed by atoms with Crippen LogP contribution in [0, 0.1) is 0 Å². The van der Waals surface area contributed by atoms with Crippen LogP contribution in [-0.2, 0) is 0 Å². The summed E-state index contributed by atoms with van der Waals surface area (Å²) in [6.45, 7) is 0. The molecule has 0 aliphatic carbocycles. The summed E-state index contributed by atoms with van der Waals surface area (Å²) in [4.78, 5) is 11.1. The molecule has 0 aliphatic rings. The number of rotatable bonds is 1. The highest BCUT2D eigenvalue weighted by molar-refractivity contribution is 5.80. The molecule has 1 aromatic heterocycles. The molecule has 0 bridgehead atoms. The van der Waals surface area contributed by atoms with E-state index in [9.17, 15) is 4.79 Å². The molecule has 72 valence electrons. The van der Waals surface area contributed by atoms with Crippen molar-refractivity contribution in [2.45, 2.75) is 0 Å². The summed E-state index contributed by atoms with van der Waals surface area (Å²) >= 11 is 0. The Morgan fingerprint density at radius 3 is 2.86 bits per heavy atom. The first-order valence-corrected chi connectivity index (χ1v) is 4.08. The quantitative estimate of drug-likeness (QED) is 0.691. The van der Waals surface area contributed by atoms with Crippen molar-refractivity contribution in [2.24, 2.45) is 0 Å². The van der Waals surface area contributed by atoms with Gasteiger partial charge >= 0.3 is 5.63 Å². The van der Waals surface area contributed by atoms with Gasteiger partial charge in [0, 0.05) is 5.39 Å². The van der Waals surface area contributed by atoms with Crippen molar-refractivity contribution in [3.8, 4) is 5.75 Å². The molecule has 1 heterocycles. The molecular weight excluding hydrogens is 182 g/mol. The van der Waals surface area contributed by atoms with Gasteiger partial charge in [-0.05, 0) is 24.3 Å². The summed E-state index contributed by atoms with van der Waals surface area (Å²) in [5.74, 6) is 0.700. The molecule has 0 amide bonds. The Balaban J connectivity index is 2.77. The molecule has 0 saturated heterocycles. The lowest BCUT2D eigenvalue weighted by Gasteiger charge is -2.01. The van der Waals surface area contributed by atoms with Gasteiger partial charge in [0.25, 0.3) is 0 Å². The third kappa shape index (κ3) is 1.31. The van der Waals surface area contributed by atoms with E-state index in [0.717, 1.165) is 5.39 Å². The zero-order valence-corrected chi connectivity index (χ0v) is 7.61. The van der Waals surface area contributed by atoms with Crippen LogP contribution in [0.15, 0.2) is 33.5 Å². The van der Waals surface area contributed by atoms with Gasteiger partial charge in [0.15, 0.2) is 0 Å². The second-order valence-corrected chi connectivity index (χ2v) is 2.89. The maximum Gasteiger partial charge on any atom is 0.359 e. The fourth-order valence-electron chi connectivity index (χ4n) is 1.24. The number of nitrogens with two attached hydrogens (primary N) is 1. The van der Waals surface area contributed by atoms with E-state index in [-0.39, 0.29) is 5.69 Å². The Morgan fingerprint density at radius 2 is 2.14 bits per heavy atom. The maximum absolute atomic E-state index is 11.1. The van der Waals surface area contributed by atoms with E-state index < -0.39 is 5.63 Å². The molecule has 0 aliphatic heterocycles. The van der Waals surface area contributed by atoms with Gasteiger partial charge in [0.1, 0.15) is 17.0 Å². The van der Waals surface area contributed by atoms with Gasteiger partial charge in [0.2, 0.25) is 0 Å². The average Bonchev–Trinajstić information content (AvgIpc) is 2.19. The minimum atomic E-state index is -0.511. The number of hydrogen-bond donors (Lipinski definition) is 1. The highest BCUT2D eigenvalue weighted by Gasteiger charge is 2.02. The Bertz CT molecular complexity index is 530. The molecule has 0 spiro atoms. The van der Waals surface area contributed by atoms with E-state index >= 15 is 0 Å². The third-order valence-corrected chi connectivity index (χ3v) is 1.97. The van der Waals surface area contributed by atoms with Crippen LogP contribution in [0.3, 0.4) is 0 Å². The summed E-state index contributed by atoms with van der Waals surface area (Å²) < 4.78 is 9.99. The van der Waals surface area contributed by atoms with Crippen LogP contribution in [0.1, 0.15) is 0 Å². The van der Waals surface area contributed by atoms with Gasteiger partial charge in [-0.1, -0.05) is 0 Å². The van der Waals surface area contributed by atoms with Crippen molar-refractivity contribution < 1.29 is 9.15 Å². The van der Waals surface area contributed by atoms with E-state index in [2.05, 4.69) is 0 Å². The van der Waals surface area contributed by atoms with Gasteiger partial charge in [-0.15, -0.1) is 0 Å². The van der Waals surface area contributed by atoms with Crippen molar-refractivity contribution in [1.29, 1.82) is 0 Å². The summed E-state index contributed by atoms with van der Waals surface area (Å²) in [6.07, 6.45) is 0. The molecule has 4 nitrogen and oxygen atoms in total. The molecule has 0 atom stereocenters. The van der Waals surface area contributed by atoms with Crippen LogP contribution in [0.2, 0.25) is 0 Å². The van der Waals surface area contributed by atoms with Crippen molar-refractivity contribution in [3.63, 3.8) is 0 Å². The predicted octanol–water partition coefficient (Wildman–Crippen LogP) is 1.38. The SMILES string of the molecule is COc1ccc2oc(=O)c(N)cc2c1. The normalized spacial score (nSPS) is 10.4. The van der Waals surface area contributed by atoms with Crippen LogP contribution >= 0.6 is 0 Å². The molecule has 0 radical (unpaired) electrons. The Hall–Kier alpha value is -1.97. The third-order valence-electron chi connectivity index (χ3n) is 1.97. The van der Waals surface area contributed by atoms with E-state index in [0.29, 0.717) is 11.3 Å². The van der Waals surface area contributed by atoms with Gasteiger partial charge in [-0.25, -0.2) is 4.79 Å². The number of anilines is 1. The van der Waals surface area contributed by atoms with E-state index in [1.54, 1.807) is 31.4 Å².